The highest BCUT2D eigenvalue weighted by molar-refractivity contribution is 6.13. The van der Waals surface area contributed by atoms with Crippen molar-refractivity contribution in [1.82, 2.24) is 5.32 Å². The van der Waals surface area contributed by atoms with Crippen molar-refractivity contribution in [1.29, 1.82) is 0 Å². The Balaban J connectivity index is 2.10. The lowest BCUT2D eigenvalue weighted by atomic mass is 9.80. The first kappa shape index (κ1) is 20.4. The van der Waals surface area contributed by atoms with Crippen LogP contribution in [0.25, 0.3) is 0 Å². The van der Waals surface area contributed by atoms with Gasteiger partial charge in [-0.2, -0.15) is 0 Å². The number of ketones is 1. The second-order valence-electron chi connectivity index (χ2n) is 6.51. The fraction of sp³-hybridized carbons (Fsp3) is 0.381. The van der Waals surface area contributed by atoms with Crippen LogP contribution in [-0.2, 0) is 19.1 Å². The van der Waals surface area contributed by atoms with E-state index in [1.807, 2.05) is 0 Å². The highest BCUT2D eigenvalue weighted by Crippen LogP contribution is 2.37. The molecule has 0 unspecified atom stereocenters. The zero-order chi connectivity index (χ0) is 21.1. The number of esters is 2. The van der Waals surface area contributed by atoms with Crippen molar-refractivity contribution < 1.29 is 33.3 Å². The summed E-state index contributed by atoms with van der Waals surface area (Å²) in [5.41, 5.74) is 1.36. The molecule has 0 saturated heterocycles. The Kier molecular flexibility index (Phi) is 5.91. The number of fused-ring (bicyclic) bond motifs is 1. The van der Waals surface area contributed by atoms with Gasteiger partial charge in [-0.15, -0.1) is 0 Å². The number of hydrogen-bond acceptors (Lipinski definition) is 8. The number of rotatable bonds is 6. The maximum atomic E-state index is 13.5. The highest BCUT2D eigenvalue weighted by atomic mass is 16.7. The molecule has 3 rings (SSSR count). The van der Waals surface area contributed by atoms with Crippen LogP contribution in [0.1, 0.15) is 38.1 Å². The van der Waals surface area contributed by atoms with E-state index in [1.54, 1.807) is 45.9 Å². The van der Waals surface area contributed by atoms with Crippen molar-refractivity contribution >= 4 is 17.7 Å². The summed E-state index contributed by atoms with van der Waals surface area (Å²) < 4.78 is 20.9. The van der Waals surface area contributed by atoms with Crippen LogP contribution < -0.4 is 14.8 Å². The van der Waals surface area contributed by atoms with E-state index in [-0.39, 0.29) is 36.7 Å². The molecule has 154 valence electrons. The predicted octanol–water partition coefficient (Wildman–Crippen LogP) is 2.49. The number of hydrogen-bond donors (Lipinski definition) is 1. The lowest BCUT2D eigenvalue weighted by Gasteiger charge is -2.29. The Morgan fingerprint density at radius 2 is 1.52 bits per heavy atom. The molecule has 0 fully saturated rings. The minimum atomic E-state index is -1.16. The maximum Gasteiger partial charge on any atom is 0.336 e. The van der Waals surface area contributed by atoms with Gasteiger partial charge < -0.3 is 24.3 Å². The molecule has 0 amide bonds. The molecule has 2 aliphatic heterocycles. The molecule has 1 aromatic rings. The normalized spacial score (nSPS) is 15.9. The number of benzene rings is 1. The molecule has 0 saturated carbocycles. The van der Waals surface area contributed by atoms with Crippen molar-refractivity contribution in [2.45, 2.75) is 27.7 Å². The van der Waals surface area contributed by atoms with Crippen LogP contribution in [0.5, 0.6) is 11.5 Å². The average molecular weight is 401 g/mol. The molecule has 1 N–H and O–H groups in total. The number of dihydropyridines is 1. The minimum absolute atomic E-state index is 0.0699. The molecule has 0 aromatic heterocycles. The van der Waals surface area contributed by atoms with Gasteiger partial charge >= 0.3 is 11.9 Å². The summed E-state index contributed by atoms with van der Waals surface area (Å²) in [5.74, 6) is -1.95. The van der Waals surface area contributed by atoms with Crippen LogP contribution in [-0.4, -0.2) is 37.7 Å². The second kappa shape index (κ2) is 8.38. The van der Waals surface area contributed by atoms with Crippen LogP contribution in [0.2, 0.25) is 0 Å². The van der Waals surface area contributed by atoms with Gasteiger partial charge in [0.2, 0.25) is 6.79 Å². The molecule has 8 nitrogen and oxygen atoms in total. The van der Waals surface area contributed by atoms with Gasteiger partial charge in [-0.25, -0.2) is 9.59 Å². The van der Waals surface area contributed by atoms with Gasteiger partial charge in [0.15, 0.2) is 17.3 Å². The van der Waals surface area contributed by atoms with Crippen LogP contribution >= 0.6 is 0 Å². The largest absolute Gasteiger partial charge is 0.463 e. The smallest absolute Gasteiger partial charge is 0.336 e. The lowest BCUT2D eigenvalue weighted by molar-refractivity contribution is -0.139. The van der Waals surface area contributed by atoms with Crippen LogP contribution in [0.4, 0.5) is 0 Å². The molecule has 0 aliphatic carbocycles. The van der Waals surface area contributed by atoms with E-state index in [0.29, 0.717) is 22.9 Å². The van der Waals surface area contributed by atoms with E-state index in [0.717, 1.165) is 0 Å². The van der Waals surface area contributed by atoms with Gasteiger partial charge in [-0.1, -0.05) is 0 Å². The zero-order valence-electron chi connectivity index (χ0n) is 16.8. The van der Waals surface area contributed by atoms with E-state index in [9.17, 15) is 14.4 Å². The molecule has 8 heteroatoms. The Labute approximate surface area is 168 Å². The van der Waals surface area contributed by atoms with E-state index in [4.69, 9.17) is 18.9 Å². The molecule has 29 heavy (non-hydrogen) atoms. The van der Waals surface area contributed by atoms with Crippen molar-refractivity contribution in [2.75, 3.05) is 20.0 Å². The number of Topliss-reactive ketones (excluding diaryl/α,β-unsaturated/α-hetero) is 1. The third-order valence-corrected chi connectivity index (χ3v) is 4.67. The molecular weight excluding hydrogens is 378 g/mol. The molecule has 1 aromatic carbocycles. The molecular formula is C21H23NO7. The fourth-order valence-electron chi connectivity index (χ4n) is 3.43. The summed E-state index contributed by atoms with van der Waals surface area (Å²) in [6, 6.07) is 4.74. The van der Waals surface area contributed by atoms with Crippen LogP contribution in [0.15, 0.2) is 40.7 Å². The fourth-order valence-corrected chi connectivity index (χ4v) is 3.43. The molecule has 0 radical (unpaired) electrons. The Bertz CT molecular complexity index is 889. The standard InChI is InChI=1S/C21H23NO7/c1-5-26-20(24)16-11(3)22-12(4)17(21(25)27-6-2)18(16)19(23)13-7-8-14-15(9-13)29-10-28-14/h7-9,18,22H,5-6,10H2,1-4H3. The molecule has 2 aliphatic rings. The highest BCUT2D eigenvalue weighted by Gasteiger charge is 2.41. The first-order chi connectivity index (χ1) is 13.9. The van der Waals surface area contributed by atoms with Gasteiger partial charge in [-0.05, 0) is 45.9 Å². The molecule has 0 spiro atoms. The Morgan fingerprint density at radius 1 is 0.966 bits per heavy atom. The SMILES string of the molecule is CCOC(=O)C1=C(C)NC(C)=C(C(=O)OCC)C1C(=O)c1ccc2c(c1)OCO2. The number of carbonyl (C=O) groups is 3. The molecule has 0 bridgehead atoms. The summed E-state index contributed by atoms with van der Waals surface area (Å²) in [4.78, 5) is 38.9. The predicted molar refractivity (Wildman–Crippen MR) is 102 cm³/mol. The van der Waals surface area contributed by atoms with Crippen molar-refractivity contribution in [2.24, 2.45) is 5.92 Å². The molecule has 0 atom stereocenters. The molecule has 2 heterocycles. The quantitative estimate of drug-likeness (QED) is 0.573. The summed E-state index contributed by atoms with van der Waals surface area (Å²) in [5, 5.41) is 3.00. The average Bonchev–Trinajstić information content (AvgIpc) is 3.14. The number of nitrogens with one attached hydrogen (secondary N) is 1. The van der Waals surface area contributed by atoms with E-state index < -0.39 is 23.6 Å². The van der Waals surface area contributed by atoms with Crippen molar-refractivity contribution in [3.05, 3.63) is 46.3 Å². The van der Waals surface area contributed by atoms with Gasteiger partial charge in [-0.3, -0.25) is 4.79 Å². The van der Waals surface area contributed by atoms with Gasteiger partial charge in [0.1, 0.15) is 0 Å². The van der Waals surface area contributed by atoms with E-state index in [2.05, 4.69) is 5.32 Å². The first-order valence-corrected chi connectivity index (χ1v) is 9.35. The van der Waals surface area contributed by atoms with Crippen LogP contribution in [0.3, 0.4) is 0 Å². The van der Waals surface area contributed by atoms with Crippen molar-refractivity contribution in [3.63, 3.8) is 0 Å². The van der Waals surface area contributed by atoms with E-state index >= 15 is 0 Å². The Morgan fingerprint density at radius 3 is 2.07 bits per heavy atom. The topological polar surface area (TPSA) is 100 Å². The van der Waals surface area contributed by atoms with E-state index in [1.165, 1.54) is 0 Å². The lowest BCUT2D eigenvalue weighted by Crippen LogP contribution is -2.37. The summed E-state index contributed by atoms with van der Waals surface area (Å²) >= 11 is 0. The number of ether oxygens (including phenoxy) is 4. The summed E-state index contributed by atoms with van der Waals surface area (Å²) in [6.45, 7) is 7.02. The zero-order valence-corrected chi connectivity index (χ0v) is 16.8. The van der Waals surface area contributed by atoms with Gasteiger partial charge in [0, 0.05) is 17.0 Å². The number of carbonyl (C=O) groups excluding carboxylic acids is 3. The monoisotopic (exact) mass is 401 g/mol. The second-order valence-corrected chi connectivity index (χ2v) is 6.51. The number of allylic oxidation sites excluding steroid dienone is 2. The maximum absolute atomic E-state index is 13.5. The minimum Gasteiger partial charge on any atom is -0.463 e. The van der Waals surface area contributed by atoms with Gasteiger partial charge in [0.05, 0.1) is 30.3 Å². The summed E-state index contributed by atoms with van der Waals surface area (Å²) in [6.07, 6.45) is 0. The summed E-state index contributed by atoms with van der Waals surface area (Å²) in [7, 11) is 0. The van der Waals surface area contributed by atoms with Crippen LogP contribution in [0, 0.1) is 5.92 Å². The third kappa shape index (κ3) is 3.83. The first-order valence-electron chi connectivity index (χ1n) is 9.35. The van der Waals surface area contributed by atoms with Crippen molar-refractivity contribution in [3.8, 4) is 11.5 Å². The Hall–Kier alpha value is -3.29. The third-order valence-electron chi connectivity index (χ3n) is 4.67. The van der Waals surface area contributed by atoms with Gasteiger partial charge in [0.25, 0.3) is 0 Å².